The van der Waals surface area contributed by atoms with E-state index in [2.05, 4.69) is 37.0 Å². The summed E-state index contributed by atoms with van der Waals surface area (Å²) in [6.07, 6.45) is 5.29. The van der Waals surface area contributed by atoms with Crippen LogP contribution in [0.15, 0.2) is 18.3 Å². The van der Waals surface area contributed by atoms with Gasteiger partial charge in [0.05, 0.1) is 18.3 Å². The fourth-order valence-corrected chi connectivity index (χ4v) is 2.28. The summed E-state index contributed by atoms with van der Waals surface area (Å²) in [6.45, 7) is 0.622. The summed E-state index contributed by atoms with van der Waals surface area (Å²) in [4.78, 5) is 4.47. The minimum absolute atomic E-state index is 0.304. The van der Waals surface area contributed by atoms with Crippen molar-refractivity contribution < 1.29 is 0 Å². The molecule has 0 aromatic carbocycles. The van der Waals surface area contributed by atoms with Crippen LogP contribution in [0, 0.1) is 0 Å². The van der Waals surface area contributed by atoms with Crippen molar-refractivity contribution in [3.8, 4) is 0 Å². The van der Waals surface area contributed by atoms with E-state index in [0.29, 0.717) is 18.4 Å². The summed E-state index contributed by atoms with van der Waals surface area (Å²) in [5.74, 6) is 0.688. The van der Waals surface area contributed by atoms with Gasteiger partial charge in [-0.15, -0.1) is 10.2 Å². The maximum Gasteiger partial charge on any atom is 0.188 e. The maximum atomic E-state index is 4.47. The van der Waals surface area contributed by atoms with E-state index in [1.54, 1.807) is 0 Å². The van der Waals surface area contributed by atoms with Gasteiger partial charge in [-0.25, -0.2) is 0 Å². The number of hydrogen-bond donors (Lipinski definition) is 2. The van der Waals surface area contributed by atoms with E-state index in [9.17, 15) is 0 Å². The van der Waals surface area contributed by atoms with Gasteiger partial charge in [-0.1, -0.05) is 11.3 Å². The third kappa shape index (κ3) is 2.16. The second-order valence-electron chi connectivity index (χ2n) is 4.20. The van der Waals surface area contributed by atoms with Crippen LogP contribution >= 0.6 is 0 Å². The Kier molecular flexibility index (Phi) is 2.79. The highest BCUT2D eigenvalue weighted by Gasteiger charge is 2.20. The highest BCUT2D eigenvalue weighted by molar-refractivity contribution is 5.25. The van der Waals surface area contributed by atoms with Crippen LogP contribution in [0.5, 0.6) is 0 Å². The van der Waals surface area contributed by atoms with Crippen LogP contribution in [-0.4, -0.2) is 25.6 Å². The topological polar surface area (TPSA) is 79.4 Å². The molecular formula is C11H14N6. The van der Waals surface area contributed by atoms with Crippen LogP contribution in [0.25, 0.3) is 0 Å². The number of rotatable bonds is 3. The third-order valence-electron chi connectivity index (χ3n) is 3.09. The average Bonchev–Trinajstić information content (AvgIpc) is 2.89. The number of nitrogens with one attached hydrogen (secondary N) is 2. The van der Waals surface area contributed by atoms with E-state index in [1.807, 2.05) is 12.3 Å². The number of H-pyrrole nitrogens is 1. The molecule has 6 nitrogen and oxygen atoms in total. The Hall–Kier alpha value is -1.82. The molecule has 1 aliphatic rings. The first-order valence-corrected chi connectivity index (χ1v) is 5.83. The number of pyridine rings is 1. The van der Waals surface area contributed by atoms with Crippen molar-refractivity contribution in [2.75, 3.05) is 0 Å². The van der Waals surface area contributed by atoms with Gasteiger partial charge in [-0.2, -0.15) is 5.21 Å². The van der Waals surface area contributed by atoms with E-state index in [-0.39, 0.29) is 0 Å². The number of aromatic amines is 1. The number of aryl methyl sites for hydroxylation is 1. The number of aromatic nitrogens is 5. The van der Waals surface area contributed by atoms with Gasteiger partial charge in [0.15, 0.2) is 5.82 Å². The fraction of sp³-hybridized carbons (Fsp3) is 0.455. The molecule has 2 N–H and O–H groups in total. The lowest BCUT2D eigenvalue weighted by atomic mass is 9.92. The normalized spacial score (nSPS) is 18.9. The zero-order chi connectivity index (χ0) is 11.5. The van der Waals surface area contributed by atoms with Crippen LogP contribution in [-0.2, 0) is 13.0 Å². The first-order valence-electron chi connectivity index (χ1n) is 5.83. The largest absolute Gasteiger partial charge is 0.301 e. The summed E-state index contributed by atoms with van der Waals surface area (Å²) in [6, 6.07) is 4.46. The number of fused-ring (bicyclic) bond motifs is 1. The first-order chi connectivity index (χ1) is 8.43. The molecule has 0 bridgehead atoms. The van der Waals surface area contributed by atoms with E-state index in [4.69, 9.17) is 0 Å². The maximum absolute atomic E-state index is 4.47. The minimum Gasteiger partial charge on any atom is -0.301 e. The SMILES string of the molecule is c1cnc2c(c1)CCCC2NCc1nn[nH]n1. The minimum atomic E-state index is 0.304. The summed E-state index contributed by atoms with van der Waals surface area (Å²) < 4.78 is 0. The fourth-order valence-electron chi connectivity index (χ4n) is 2.28. The van der Waals surface area contributed by atoms with Gasteiger partial charge in [0.1, 0.15) is 0 Å². The molecule has 1 aliphatic carbocycles. The third-order valence-corrected chi connectivity index (χ3v) is 3.09. The van der Waals surface area contributed by atoms with Crippen molar-refractivity contribution in [3.05, 3.63) is 35.4 Å². The van der Waals surface area contributed by atoms with Gasteiger partial charge in [0.25, 0.3) is 0 Å². The predicted molar refractivity (Wildman–Crippen MR) is 60.9 cm³/mol. The Morgan fingerprint density at radius 2 is 2.47 bits per heavy atom. The quantitative estimate of drug-likeness (QED) is 0.813. The van der Waals surface area contributed by atoms with Gasteiger partial charge in [-0.3, -0.25) is 4.98 Å². The molecule has 0 radical (unpaired) electrons. The van der Waals surface area contributed by atoms with Gasteiger partial charge in [0.2, 0.25) is 0 Å². The molecule has 0 aliphatic heterocycles. The Labute approximate surface area is 98.9 Å². The molecule has 1 unspecified atom stereocenters. The molecule has 2 aromatic heterocycles. The highest BCUT2D eigenvalue weighted by atomic mass is 15.5. The number of tetrazole rings is 1. The average molecular weight is 230 g/mol. The Balaban J connectivity index is 1.72. The smallest absolute Gasteiger partial charge is 0.188 e. The summed E-state index contributed by atoms with van der Waals surface area (Å²) >= 11 is 0. The van der Waals surface area contributed by atoms with Crippen LogP contribution < -0.4 is 5.32 Å². The lowest BCUT2D eigenvalue weighted by molar-refractivity contribution is 0.442. The van der Waals surface area contributed by atoms with Crippen molar-refractivity contribution in [3.63, 3.8) is 0 Å². The Morgan fingerprint density at radius 3 is 3.35 bits per heavy atom. The molecule has 1 atom stereocenters. The zero-order valence-corrected chi connectivity index (χ0v) is 9.43. The molecule has 17 heavy (non-hydrogen) atoms. The molecule has 88 valence electrons. The van der Waals surface area contributed by atoms with Gasteiger partial charge < -0.3 is 5.32 Å². The first kappa shape index (κ1) is 10.3. The van der Waals surface area contributed by atoms with Gasteiger partial charge in [-0.05, 0) is 30.9 Å². The Bertz CT molecular complexity index is 480. The Morgan fingerprint density at radius 1 is 1.47 bits per heavy atom. The van der Waals surface area contributed by atoms with Crippen LogP contribution in [0.3, 0.4) is 0 Å². The second-order valence-corrected chi connectivity index (χ2v) is 4.20. The lowest BCUT2D eigenvalue weighted by Gasteiger charge is -2.24. The van der Waals surface area contributed by atoms with Crippen molar-refractivity contribution in [2.24, 2.45) is 0 Å². The van der Waals surface area contributed by atoms with E-state index >= 15 is 0 Å². The van der Waals surface area contributed by atoms with Crippen LogP contribution in [0.4, 0.5) is 0 Å². The van der Waals surface area contributed by atoms with E-state index < -0.39 is 0 Å². The standard InChI is InChI=1S/C11H14N6/c1-3-8-4-2-6-12-11(8)9(5-1)13-7-10-14-16-17-15-10/h2,4,6,9,13H,1,3,5,7H2,(H,14,15,16,17). The zero-order valence-electron chi connectivity index (χ0n) is 9.43. The van der Waals surface area contributed by atoms with Crippen LogP contribution in [0.1, 0.15) is 36.0 Å². The van der Waals surface area contributed by atoms with Crippen molar-refractivity contribution in [1.29, 1.82) is 0 Å². The lowest BCUT2D eigenvalue weighted by Crippen LogP contribution is -2.26. The molecule has 0 saturated carbocycles. The molecule has 2 heterocycles. The summed E-state index contributed by atoms with van der Waals surface area (Å²) in [5, 5.41) is 17.3. The van der Waals surface area contributed by atoms with E-state index in [1.165, 1.54) is 17.7 Å². The second kappa shape index (κ2) is 4.58. The monoisotopic (exact) mass is 230 g/mol. The molecule has 0 saturated heterocycles. The summed E-state index contributed by atoms with van der Waals surface area (Å²) in [5.41, 5.74) is 2.52. The highest BCUT2D eigenvalue weighted by Crippen LogP contribution is 2.27. The number of nitrogens with zero attached hydrogens (tertiary/aromatic N) is 4. The van der Waals surface area contributed by atoms with Crippen molar-refractivity contribution in [1.82, 2.24) is 30.9 Å². The molecule has 0 amide bonds. The summed E-state index contributed by atoms with van der Waals surface area (Å²) in [7, 11) is 0. The van der Waals surface area contributed by atoms with Crippen LogP contribution in [0.2, 0.25) is 0 Å². The molecular weight excluding hydrogens is 216 g/mol. The van der Waals surface area contributed by atoms with Crippen molar-refractivity contribution >= 4 is 0 Å². The van der Waals surface area contributed by atoms with Gasteiger partial charge >= 0.3 is 0 Å². The molecule has 3 rings (SSSR count). The van der Waals surface area contributed by atoms with Crippen molar-refractivity contribution in [2.45, 2.75) is 31.8 Å². The van der Waals surface area contributed by atoms with Gasteiger partial charge in [0, 0.05) is 6.20 Å². The molecule has 6 heteroatoms. The number of hydrogen-bond acceptors (Lipinski definition) is 5. The van der Waals surface area contributed by atoms with E-state index in [0.717, 1.165) is 12.8 Å². The molecule has 0 spiro atoms. The predicted octanol–water partition coefficient (Wildman–Crippen LogP) is 0.762. The molecule has 0 fully saturated rings. The molecule has 2 aromatic rings.